The van der Waals surface area contributed by atoms with Gasteiger partial charge in [0.05, 0.1) is 12.4 Å². The highest BCUT2D eigenvalue weighted by Gasteiger charge is 2.05. The average molecular weight is 242 g/mol. The number of hydrogen-bond donors (Lipinski definition) is 3. The van der Waals surface area contributed by atoms with Crippen molar-refractivity contribution in [2.24, 2.45) is 16.8 Å². The van der Waals surface area contributed by atoms with Crippen LogP contribution in [0.2, 0.25) is 0 Å². The summed E-state index contributed by atoms with van der Waals surface area (Å²) >= 11 is 1.50. The van der Waals surface area contributed by atoms with E-state index in [-0.39, 0.29) is 18.4 Å². The van der Waals surface area contributed by atoms with Crippen LogP contribution in [0.5, 0.6) is 0 Å². The van der Waals surface area contributed by atoms with Gasteiger partial charge in [0.15, 0.2) is 5.84 Å². The third kappa shape index (κ3) is 3.67. The molecule has 0 saturated heterocycles. The van der Waals surface area contributed by atoms with Gasteiger partial charge in [0, 0.05) is 12.4 Å². The predicted molar refractivity (Wildman–Crippen MR) is 61.5 cm³/mol. The number of oxime groups is 1. The van der Waals surface area contributed by atoms with Crippen molar-refractivity contribution in [3.05, 3.63) is 18.1 Å². The van der Waals surface area contributed by atoms with Gasteiger partial charge in [-0.3, -0.25) is 0 Å². The lowest BCUT2D eigenvalue weighted by atomic mass is 10.2. The molecule has 0 aliphatic carbocycles. The van der Waals surface area contributed by atoms with Gasteiger partial charge in [0.1, 0.15) is 10.7 Å². The minimum absolute atomic E-state index is 0.0622. The number of hydrogen-bond acceptors (Lipinski definition) is 6. The summed E-state index contributed by atoms with van der Waals surface area (Å²) in [5.74, 6) is 0.928. The van der Waals surface area contributed by atoms with Gasteiger partial charge in [-0.1, -0.05) is 12.1 Å². The topological polar surface area (TPSA) is 105 Å². The van der Waals surface area contributed by atoms with Crippen molar-refractivity contribution in [1.29, 1.82) is 0 Å². The Labute approximate surface area is 97.6 Å². The smallest absolute Gasteiger partial charge is 0.190 e. The van der Waals surface area contributed by atoms with Crippen molar-refractivity contribution >= 4 is 17.6 Å². The van der Waals surface area contributed by atoms with Gasteiger partial charge in [0.25, 0.3) is 0 Å². The Balaban J connectivity index is 2.58. The van der Waals surface area contributed by atoms with Crippen LogP contribution in [-0.2, 0) is 0 Å². The maximum absolute atomic E-state index is 8.85. The number of aliphatic hydroxyl groups is 1. The molecule has 0 aliphatic rings. The van der Waals surface area contributed by atoms with E-state index in [0.717, 1.165) is 10.8 Å². The minimum Gasteiger partial charge on any atom is -0.409 e. The Morgan fingerprint density at radius 1 is 1.56 bits per heavy atom. The van der Waals surface area contributed by atoms with E-state index in [1.807, 2.05) is 6.92 Å². The van der Waals surface area contributed by atoms with Crippen molar-refractivity contribution in [3.8, 4) is 0 Å². The summed E-state index contributed by atoms with van der Waals surface area (Å²) in [4.78, 5) is 8.09. The van der Waals surface area contributed by atoms with Crippen molar-refractivity contribution in [2.75, 3.05) is 12.4 Å². The highest BCUT2D eigenvalue weighted by Crippen LogP contribution is 2.17. The van der Waals surface area contributed by atoms with E-state index in [1.54, 1.807) is 6.20 Å². The quantitative estimate of drug-likeness (QED) is 0.225. The third-order valence-corrected chi connectivity index (χ3v) is 3.07. The molecule has 0 radical (unpaired) electrons. The fraction of sp³-hybridized carbons (Fsp3) is 0.444. The molecule has 0 fully saturated rings. The molecule has 1 rings (SSSR count). The van der Waals surface area contributed by atoms with Crippen LogP contribution < -0.4 is 5.73 Å². The van der Waals surface area contributed by atoms with Gasteiger partial charge < -0.3 is 16.0 Å². The number of amidine groups is 1. The molecular formula is C9H14N4O2S. The molecule has 1 unspecified atom stereocenters. The zero-order valence-electron chi connectivity index (χ0n) is 8.87. The molecule has 0 aromatic carbocycles. The molecular weight excluding hydrogens is 228 g/mol. The van der Waals surface area contributed by atoms with Crippen molar-refractivity contribution in [2.45, 2.75) is 11.9 Å². The number of aromatic nitrogens is 2. The van der Waals surface area contributed by atoms with Crippen LogP contribution in [-0.4, -0.2) is 38.5 Å². The molecule has 4 N–H and O–H groups in total. The normalized spacial score (nSPS) is 13.8. The van der Waals surface area contributed by atoms with Gasteiger partial charge >= 0.3 is 0 Å². The van der Waals surface area contributed by atoms with Gasteiger partial charge in [-0.2, -0.15) is 0 Å². The first-order chi connectivity index (χ1) is 7.67. The van der Waals surface area contributed by atoms with Crippen molar-refractivity contribution in [1.82, 2.24) is 9.97 Å². The number of aliphatic hydroxyl groups excluding tert-OH is 1. The van der Waals surface area contributed by atoms with Crippen molar-refractivity contribution < 1.29 is 10.3 Å². The van der Waals surface area contributed by atoms with E-state index in [4.69, 9.17) is 16.0 Å². The van der Waals surface area contributed by atoms with Crippen LogP contribution in [0.3, 0.4) is 0 Å². The lowest BCUT2D eigenvalue weighted by Crippen LogP contribution is -2.15. The number of thioether (sulfide) groups is 1. The molecule has 0 bridgehead atoms. The highest BCUT2D eigenvalue weighted by molar-refractivity contribution is 7.99. The highest BCUT2D eigenvalue weighted by atomic mass is 32.2. The Morgan fingerprint density at radius 3 is 2.81 bits per heavy atom. The first-order valence-electron chi connectivity index (χ1n) is 4.71. The zero-order valence-corrected chi connectivity index (χ0v) is 9.68. The molecule has 88 valence electrons. The Morgan fingerprint density at radius 2 is 2.31 bits per heavy atom. The van der Waals surface area contributed by atoms with E-state index >= 15 is 0 Å². The summed E-state index contributed by atoms with van der Waals surface area (Å²) in [6.07, 6.45) is 3.00. The van der Waals surface area contributed by atoms with Crippen LogP contribution in [0.15, 0.2) is 22.6 Å². The average Bonchev–Trinajstić information content (AvgIpc) is 2.35. The summed E-state index contributed by atoms with van der Waals surface area (Å²) < 4.78 is 0. The molecule has 16 heavy (non-hydrogen) atoms. The molecule has 0 spiro atoms. The number of rotatable bonds is 5. The first-order valence-corrected chi connectivity index (χ1v) is 5.69. The van der Waals surface area contributed by atoms with E-state index < -0.39 is 0 Å². The largest absolute Gasteiger partial charge is 0.409 e. The Kier molecular flexibility index (Phi) is 5.00. The van der Waals surface area contributed by atoms with Crippen LogP contribution in [0, 0.1) is 5.92 Å². The van der Waals surface area contributed by atoms with Gasteiger partial charge in [0.2, 0.25) is 0 Å². The summed E-state index contributed by atoms with van der Waals surface area (Å²) in [7, 11) is 0. The molecule has 0 amide bonds. The molecule has 0 aliphatic heterocycles. The Bertz CT molecular complexity index is 355. The fourth-order valence-corrected chi connectivity index (χ4v) is 1.67. The van der Waals surface area contributed by atoms with Crippen molar-refractivity contribution in [3.63, 3.8) is 0 Å². The van der Waals surface area contributed by atoms with Crippen LogP contribution in [0.1, 0.15) is 12.6 Å². The molecule has 6 nitrogen and oxygen atoms in total. The second-order valence-electron chi connectivity index (χ2n) is 3.32. The Hall–Kier alpha value is -1.34. The predicted octanol–water partition coefficient (Wildman–Crippen LogP) is 0.292. The maximum atomic E-state index is 8.85. The van der Waals surface area contributed by atoms with E-state index in [9.17, 15) is 0 Å². The maximum Gasteiger partial charge on any atom is 0.190 e. The fourth-order valence-electron chi connectivity index (χ4n) is 0.855. The molecule has 1 heterocycles. The SMILES string of the molecule is CC(CO)CSc1cnc(C(N)=NO)cn1. The molecule has 1 aromatic rings. The summed E-state index contributed by atoms with van der Waals surface area (Å²) in [5.41, 5.74) is 5.68. The standard InChI is InChI=1S/C9H14N4O2S/c1-6(4-14)5-16-8-3-11-7(2-12-8)9(10)13-15/h2-3,6,14-15H,4-5H2,1H3,(H2,10,13). The summed E-state index contributed by atoms with van der Waals surface area (Å²) in [5, 5.41) is 20.9. The zero-order chi connectivity index (χ0) is 12.0. The molecule has 7 heteroatoms. The monoisotopic (exact) mass is 242 g/mol. The molecule has 0 saturated carbocycles. The summed E-state index contributed by atoms with van der Waals surface area (Å²) in [6.45, 7) is 2.10. The minimum atomic E-state index is -0.0622. The molecule has 1 atom stereocenters. The van der Waals surface area contributed by atoms with Gasteiger partial charge in [-0.25, -0.2) is 9.97 Å². The second kappa shape index (κ2) is 6.29. The second-order valence-corrected chi connectivity index (χ2v) is 4.36. The lowest BCUT2D eigenvalue weighted by molar-refractivity contribution is 0.250. The third-order valence-electron chi connectivity index (χ3n) is 1.83. The van der Waals surface area contributed by atoms with Crippen LogP contribution >= 0.6 is 11.8 Å². The van der Waals surface area contributed by atoms with E-state index in [1.165, 1.54) is 18.0 Å². The van der Waals surface area contributed by atoms with Crippen LogP contribution in [0.4, 0.5) is 0 Å². The number of nitrogens with two attached hydrogens (primary N) is 1. The van der Waals surface area contributed by atoms with E-state index in [2.05, 4.69) is 15.1 Å². The lowest BCUT2D eigenvalue weighted by Gasteiger charge is -2.06. The van der Waals surface area contributed by atoms with Gasteiger partial charge in [-0.15, -0.1) is 11.8 Å². The molecule has 1 aromatic heterocycles. The number of nitrogens with zero attached hydrogens (tertiary/aromatic N) is 3. The summed E-state index contributed by atoms with van der Waals surface area (Å²) in [6, 6.07) is 0. The van der Waals surface area contributed by atoms with Crippen LogP contribution in [0.25, 0.3) is 0 Å². The van der Waals surface area contributed by atoms with Gasteiger partial charge in [-0.05, 0) is 5.92 Å². The first kappa shape index (κ1) is 12.7. The van der Waals surface area contributed by atoms with E-state index in [0.29, 0.717) is 5.69 Å².